The summed E-state index contributed by atoms with van der Waals surface area (Å²) in [5.41, 5.74) is 6.71. The van der Waals surface area contributed by atoms with Crippen LogP contribution in [0, 0.1) is 13.8 Å². The Bertz CT molecular complexity index is 573. The topological polar surface area (TPSA) is 86.0 Å². The molecule has 0 spiro atoms. The van der Waals surface area contributed by atoms with Gasteiger partial charge in [0.2, 0.25) is 0 Å². The highest BCUT2D eigenvalue weighted by Gasteiger charge is 2.16. The van der Waals surface area contributed by atoms with E-state index >= 15 is 0 Å². The molecule has 0 radical (unpaired) electrons. The molecule has 0 saturated carbocycles. The molecule has 1 atom stereocenters. The van der Waals surface area contributed by atoms with E-state index in [1.165, 1.54) is 6.33 Å². The highest BCUT2D eigenvalue weighted by molar-refractivity contribution is 5.41. The fourth-order valence-electron chi connectivity index (χ4n) is 2.23. The lowest BCUT2D eigenvalue weighted by Gasteiger charge is -2.18. The number of rotatable bonds is 5. The number of hydrogen-bond acceptors (Lipinski definition) is 6. The maximum Gasteiger partial charge on any atom is 0.128 e. The number of ether oxygens (including phenoxy) is 1. The molecule has 1 unspecified atom stereocenters. The summed E-state index contributed by atoms with van der Waals surface area (Å²) in [6, 6.07) is -0.0881. The molecule has 2 rings (SSSR count). The van der Waals surface area contributed by atoms with E-state index in [4.69, 9.17) is 10.6 Å². The number of methoxy groups -OCH3 is 1. The summed E-state index contributed by atoms with van der Waals surface area (Å²) >= 11 is 0. The molecule has 0 aromatic carbocycles. The number of pyridine rings is 1. The van der Waals surface area contributed by atoms with Gasteiger partial charge in [-0.15, -0.1) is 0 Å². The molecular formula is C14H19N5O. The summed E-state index contributed by atoms with van der Waals surface area (Å²) < 4.78 is 5.42. The average Bonchev–Trinajstić information content (AvgIpc) is 2.48. The molecule has 2 heterocycles. The highest BCUT2D eigenvalue weighted by Crippen LogP contribution is 2.26. The van der Waals surface area contributed by atoms with Gasteiger partial charge in [0.05, 0.1) is 13.2 Å². The number of hydrazine groups is 1. The van der Waals surface area contributed by atoms with Crippen molar-refractivity contribution in [3.63, 3.8) is 0 Å². The van der Waals surface area contributed by atoms with Gasteiger partial charge in [0.25, 0.3) is 0 Å². The van der Waals surface area contributed by atoms with Crippen LogP contribution >= 0.6 is 0 Å². The van der Waals surface area contributed by atoms with E-state index in [2.05, 4.69) is 20.4 Å². The summed E-state index contributed by atoms with van der Waals surface area (Å²) in [5.74, 6) is 6.51. The standard InChI is InChI=1S/C14H19N5O/c1-9-5-18-12(10(2)14(9)20-3)4-13(19-15)11-6-16-8-17-7-11/h5-8,13,19H,4,15H2,1-3H3. The Kier molecular flexibility index (Phi) is 4.60. The zero-order valence-electron chi connectivity index (χ0n) is 11.9. The fourth-order valence-corrected chi connectivity index (χ4v) is 2.23. The second kappa shape index (κ2) is 6.40. The maximum absolute atomic E-state index is 5.64. The molecule has 0 aliphatic rings. The molecule has 0 saturated heterocycles. The molecule has 0 aliphatic heterocycles. The Morgan fingerprint density at radius 2 is 1.95 bits per heavy atom. The molecule has 2 aromatic rings. The first kappa shape index (κ1) is 14.4. The Balaban J connectivity index is 2.29. The molecule has 0 amide bonds. The largest absolute Gasteiger partial charge is 0.496 e. The number of aryl methyl sites for hydroxylation is 1. The van der Waals surface area contributed by atoms with Crippen molar-refractivity contribution in [2.24, 2.45) is 5.84 Å². The van der Waals surface area contributed by atoms with Crippen molar-refractivity contribution in [3.8, 4) is 5.75 Å². The number of aromatic nitrogens is 3. The van der Waals surface area contributed by atoms with E-state index in [1.807, 2.05) is 20.0 Å². The van der Waals surface area contributed by atoms with Crippen LogP contribution in [0.1, 0.15) is 28.4 Å². The van der Waals surface area contributed by atoms with E-state index in [0.717, 1.165) is 28.1 Å². The van der Waals surface area contributed by atoms with Crippen molar-refractivity contribution in [1.29, 1.82) is 0 Å². The first-order valence-corrected chi connectivity index (χ1v) is 6.37. The molecular weight excluding hydrogens is 254 g/mol. The zero-order chi connectivity index (χ0) is 14.5. The molecule has 0 bridgehead atoms. The van der Waals surface area contributed by atoms with Crippen LogP contribution in [0.5, 0.6) is 5.75 Å². The second-order valence-electron chi connectivity index (χ2n) is 4.64. The highest BCUT2D eigenvalue weighted by atomic mass is 16.5. The summed E-state index contributed by atoms with van der Waals surface area (Å²) in [5, 5.41) is 0. The van der Waals surface area contributed by atoms with Crippen molar-refractivity contribution in [2.75, 3.05) is 7.11 Å². The van der Waals surface area contributed by atoms with Crippen LogP contribution < -0.4 is 16.0 Å². The average molecular weight is 273 g/mol. The number of nitrogens with zero attached hydrogens (tertiary/aromatic N) is 3. The van der Waals surface area contributed by atoms with E-state index in [-0.39, 0.29) is 6.04 Å². The van der Waals surface area contributed by atoms with Crippen molar-refractivity contribution < 1.29 is 4.74 Å². The van der Waals surface area contributed by atoms with Gasteiger partial charge in [-0.25, -0.2) is 9.97 Å². The monoisotopic (exact) mass is 273 g/mol. The van der Waals surface area contributed by atoms with Crippen LogP contribution in [-0.4, -0.2) is 22.1 Å². The third-order valence-corrected chi connectivity index (χ3v) is 3.33. The first-order valence-electron chi connectivity index (χ1n) is 6.37. The lowest BCUT2D eigenvalue weighted by Crippen LogP contribution is -2.30. The van der Waals surface area contributed by atoms with Crippen LogP contribution in [-0.2, 0) is 6.42 Å². The molecule has 20 heavy (non-hydrogen) atoms. The van der Waals surface area contributed by atoms with Crippen molar-refractivity contribution in [2.45, 2.75) is 26.3 Å². The van der Waals surface area contributed by atoms with E-state index in [0.29, 0.717) is 6.42 Å². The Labute approximate surface area is 118 Å². The molecule has 0 fully saturated rings. The summed E-state index contributed by atoms with van der Waals surface area (Å²) in [6.07, 6.45) is 7.45. The molecule has 2 aromatic heterocycles. The summed E-state index contributed by atoms with van der Waals surface area (Å²) in [4.78, 5) is 12.5. The molecule has 6 heteroatoms. The lowest BCUT2D eigenvalue weighted by atomic mass is 10.0. The smallest absolute Gasteiger partial charge is 0.128 e. The van der Waals surface area contributed by atoms with E-state index in [1.54, 1.807) is 19.5 Å². The van der Waals surface area contributed by atoms with Crippen LogP contribution in [0.25, 0.3) is 0 Å². The van der Waals surface area contributed by atoms with Gasteiger partial charge in [-0.3, -0.25) is 16.3 Å². The normalized spacial score (nSPS) is 12.2. The SMILES string of the molecule is COc1c(C)cnc(CC(NN)c2cncnc2)c1C. The van der Waals surface area contributed by atoms with Gasteiger partial charge >= 0.3 is 0 Å². The minimum atomic E-state index is -0.0881. The fraction of sp³-hybridized carbons (Fsp3) is 0.357. The van der Waals surface area contributed by atoms with Gasteiger partial charge in [0.15, 0.2) is 0 Å². The number of hydrogen-bond donors (Lipinski definition) is 2. The van der Waals surface area contributed by atoms with Gasteiger partial charge in [0, 0.05) is 47.4 Å². The minimum Gasteiger partial charge on any atom is -0.496 e. The van der Waals surface area contributed by atoms with Gasteiger partial charge in [0.1, 0.15) is 12.1 Å². The van der Waals surface area contributed by atoms with Crippen LogP contribution in [0.4, 0.5) is 0 Å². The third kappa shape index (κ3) is 2.92. The molecule has 0 aliphatic carbocycles. The maximum atomic E-state index is 5.64. The summed E-state index contributed by atoms with van der Waals surface area (Å²) in [7, 11) is 1.67. The van der Waals surface area contributed by atoms with Gasteiger partial charge in [-0.2, -0.15) is 0 Å². The quantitative estimate of drug-likeness (QED) is 0.630. The molecule has 3 N–H and O–H groups in total. The van der Waals surface area contributed by atoms with Gasteiger partial charge < -0.3 is 4.74 Å². The second-order valence-corrected chi connectivity index (χ2v) is 4.64. The van der Waals surface area contributed by atoms with Crippen LogP contribution in [0.3, 0.4) is 0 Å². The predicted octanol–water partition coefficient (Wildman–Crippen LogP) is 1.24. The molecule has 6 nitrogen and oxygen atoms in total. The van der Waals surface area contributed by atoms with Crippen LogP contribution in [0.2, 0.25) is 0 Å². The number of nitrogens with one attached hydrogen (secondary N) is 1. The van der Waals surface area contributed by atoms with Crippen molar-refractivity contribution in [3.05, 3.63) is 47.3 Å². The predicted molar refractivity (Wildman–Crippen MR) is 76.1 cm³/mol. The van der Waals surface area contributed by atoms with E-state index in [9.17, 15) is 0 Å². The van der Waals surface area contributed by atoms with Crippen LogP contribution in [0.15, 0.2) is 24.9 Å². The minimum absolute atomic E-state index is 0.0881. The zero-order valence-corrected chi connectivity index (χ0v) is 11.9. The van der Waals surface area contributed by atoms with Crippen molar-refractivity contribution in [1.82, 2.24) is 20.4 Å². The molecule has 106 valence electrons. The van der Waals surface area contributed by atoms with Gasteiger partial charge in [-0.1, -0.05) is 0 Å². The van der Waals surface area contributed by atoms with Gasteiger partial charge in [-0.05, 0) is 13.8 Å². The van der Waals surface area contributed by atoms with E-state index < -0.39 is 0 Å². The Morgan fingerprint density at radius 3 is 2.55 bits per heavy atom. The Morgan fingerprint density at radius 1 is 1.25 bits per heavy atom. The first-order chi connectivity index (χ1) is 9.67. The number of nitrogens with two attached hydrogens (primary N) is 1. The summed E-state index contributed by atoms with van der Waals surface area (Å²) in [6.45, 7) is 3.98. The van der Waals surface area contributed by atoms with Crippen molar-refractivity contribution >= 4 is 0 Å². The lowest BCUT2D eigenvalue weighted by molar-refractivity contribution is 0.406. The Hall–Kier alpha value is -2.05. The third-order valence-electron chi connectivity index (χ3n) is 3.33.